The molecule has 0 bridgehead atoms. The predicted molar refractivity (Wildman–Crippen MR) is 91.6 cm³/mol. The van der Waals surface area contributed by atoms with Gasteiger partial charge < -0.3 is 10.8 Å². The average molecular weight is 339 g/mol. The van der Waals surface area contributed by atoms with Crippen LogP contribution in [0.5, 0.6) is 0 Å². The lowest BCUT2D eigenvalue weighted by molar-refractivity contribution is -0.138. The Bertz CT molecular complexity index is 478. The van der Waals surface area contributed by atoms with E-state index in [1.54, 1.807) is 12.4 Å². The van der Waals surface area contributed by atoms with Gasteiger partial charge in [0.2, 0.25) is 0 Å². The van der Waals surface area contributed by atoms with Gasteiger partial charge in [-0.05, 0) is 46.2 Å². The second-order valence-electron chi connectivity index (χ2n) is 6.57. The summed E-state index contributed by atoms with van der Waals surface area (Å²) in [4.78, 5) is 20.3. The number of hydrogen-bond acceptors (Lipinski definition) is 7. The van der Waals surface area contributed by atoms with Crippen LogP contribution in [0.2, 0.25) is 0 Å². The van der Waals surface area contributed by atoms with E-state index in [1.807, 2.05) is 32.9 Å². The zero-order valence-corrected chi connectivity index (χ0v) is 14.6. The number of aromatic nitrogens is 1. The molecule has 0 radical (unpaired) electrons. The molecule has 0 amide bonds. The lowest BCUT2D eigenvalue weighted by Crippen LogP contribution is -2.46. The standard InChI is InChI=1S/C16H29N5O3/c1-16(2,3)24-21-20-14(12-7-6-9-18-11-12)19-10-5-4-8-13(17)15(22)23/h6-7,9,11,13-14,19-21H,4-5,8,10,17H2,1-3H3,(H,22,23)/t13-,14?/m0/s1. The van der Waals surface area contributed by atoms with Crippen molar-refractivity contribution >= 4 is 5.97 Å². The number of pyridine rings is 1. The summed E-state index contributed by atoms with van der Waals surface area (Å²) in [5.74, 6) is -0.957. The van der Waals surface area contributed by atoms with Gasteiger partial charge in [-0.2, -0.15) is 0 Å². The molecule has 0 fully saturated rings. The maximum Gasteiger partial charge on any atom is 0.320 e. The molecule has 0 saturated carbocycles. The van der Waals surface area contributed by atoms with Crippen LogP contribution in [-0.2, 0) is 9.63 Å². The van der Waals surface area contributed by atoms with E-state index in [4.69, 9.17) is 15.7 Å². The monoisotopic (exact) mass is 339 g/mol. The molecule has 6 N–H and O–H groups in total. The number of carboxylic acids is 1. The summed E-state index contributed by atoms with van der Waals surface area (Å²) in [5.41, 5.74) is 12.0. The van der Waals surface area contributed by atoms with Gasteiger partial charge in [0, 0.05) is 18.0 Å². The van der Waals surface area contributed by atoms with E-state index in [0.29, 0.717) is 13.0 Å². The highest BCUT2D eigenvalue weighted by Crippen LogP contribution is 2.09. The van der Waals surface area contributed by atoms with Crippen LogP contribution < -0.4 is 22.1 Å². The third-order valence-corrected chi connectivity index (χ3v) is 3.19. The molecule has 0 aliphatic carbocycles. The Labute approximate surface area is 143 Å². The maximum atomic E-state index is 10.7. The van der Waals surface area contributed by atoms with Crippen LogP contribution in [-0.4, -0.2) is 34.2 Å². The number of carboxylic acid groups (broad SMARTS) is 1. The molecule has 1 unspecified atom stereocenters. The van der Waals surface area contributed by atoms with E-state index >= 15 is 0 Å². The van der Waals surface area contributed by atoms with Crippen molar-refractivity contribution in [2.45, 2.75) is 57.8 Å². The molecule has 24 heavy (non-hydrogen) atoms. The average Bonchev–Trinajstić information content (AvgIpc) is 2.52. The first-order valence-electron chi connectivity index (χ1n) is 8.10. The fourth-order valence-electron chi connectivity index (χ4n) is 1.90. The van der Waals surface area contributed by atoms with E-state index in [0.717, 1.165) is 18.4 Å². The van der Waals surface area contributed by atoms with Crippen molar-refractivity contribution in [2.24, 2.45) is 5.73 Å². The van der Waals surface area contributed by atoms with Crippen LogP contribution >= 0.6 is 0 Å². The van der Waals surface area contributed by atoms with E-state index in [-0.39, 0.29) is 11.8 Å². The number of hydrazine groups is 1. The van der Waals surface area contributed by atoms with Gasteiger partial charge in [-0.25, -0.2) is 5.43 Å². The summed E-state index contributed by atoms with van der Waals surface area (Å²) in [6, 6.07) is 3.03. The number of unbranched alkanes of at least 4 members (excludes halogenated alkanes) is 1. The summed E-state index contributed by atoms with van der Waals surface area (Å²) in [6.07, 6.45) is 5.32. The summed E-state index contributed by atoms with van der Waals surface area (Å²) in [6.45, 7) is 6.54. The number of rotatable bonds is 11. The topological polar surface area (TPSA) is 122 Å². The summed E-state index contributed by atoms with van der Waals surface area (Å²) >= 11 is 0. The van der Waals surface area contributed by atoms with Crippen LogP contribution in [0.1, 0.15) is 51.8 Å². The fraction of sp³-hybridized carbons (Fsp3) is 0.625. The molecule has 1 heterocycles. The second kappa shape index (κ2) is 10.3. The van der Waals surface area contributed by atoms with Crippen molar-refractivity contribution in [3.05, 3.63) is 30.1 Å². The Morgan fingerprint density at radius 2 is 2.17 bits per heavy atom. The van der Waals surface area contributed by atoms with Crippen molar-refractivity contribution < 1.29 is 14.7 Å². The molecule has 136 valence electrons. The number of nitrogens with one attached hydrogen (secondary N) is 3. The quantitative estimate of drug-likeness (QED) is 0.231. The molecule has 0 aromatic carbocycles. The third kappa shape index (κ3) is 8.90. The summed E-state index contributed by atoms with van der Waals surface area (Å²) < 4.78 is 0. The van der Waals surface area contributed by atoms with Gasteiger partial charge >= 0.3 is 5.97 Å². The number of aliphatic carboxylic acids is 1. The van der Waals surface area contributed by atoms with Crippen LogP contribution in [0, 0.1) is 0 Å². The molecule has 0 aliphatic rings. The summed E-state index contributed by atoms with van der Waals surface area (Å²) in [7, 11) is 0. The minimum absolute atomic E-state index is 0.186. The van der Waals surface area contributed by atoms with Crippen molar-refractivity contribution in [1.29, 1.82) is 0 Å². The SMILES string of the molecule is CC(C)(C)ONNC(NCCCC[C@H](N)C(=O)O)c1cccnc1. The van der Waals surface area contributed by atoms with Crippen molar-refractivity contribution in [2.75, 3.05) is 6.54 Å². The number of nitrogens with zero attached hydrogens (tertiary/aromatic N) is 1. The highest BCUT2D eigenvalue weighted by molar-refractivity contribution is 5.72. The highest BCUT2D eigenvalue weighted by atomic mass is 16.7. The Morgan fingerprint density at radius 3 is 2.75 bits per heavy atom. The number of nitrogens with two attached hydrogens (primary N) is 1. The van der Waals surface area contributed by atoms with Crippen LogP contribution in [0.25, 0.3) is 0 Å². The lowest BCUT2D eigenvalue weighted by Gasteiger charge is -2.25. The molecule has 1 aromatic rings. The highest BCUT2D eigenvalue weighted by Gasteiger charge is 2.14. The lowest BCUT2D eigenvalue weighted by atomic mass is 10.1. The molecule has 8 heteroatoms. The molecule has 1 aromatic heterocycles. The van der Waals surface area contributed by atoms with E-state index < -0.39 is 12.0 Å². The van der Waals surface area contributed by atoms with Crippen molar-refractivity contribution in [3.63, 3.8) is 0 Å². The largest absolute Gasteiger partial charge is 0.480 e. The minimum atomic E-state index is -0.957. The molecule has 8 nitrogen and oxygen atoms in total. The summed E-state index contributed by atoms with van der Waals surface area (Å²) in [5, 5.41) is 12.1. The maximum absolute atomic E-state index is 10.7. The zero-order valence-electron chi connectivity index (χ0n) is 14.6. The molecule has 0 aliphatic heterocycles. The van der Waals surface area contributed by atoms with Crippen molar-refractivity contribution in [1.82, 2.24) is 21.3 Å². The first-order chi connectivity index (χ1) is 11.3. The van der Waals surface area contributed by atoms with Crippen LogP contribution in [0.3, 0.4) is 0 Å². The normalized spacial score (nSPS) is 14.3. The van der Waals surface area contributed by atoms with Gasteiger partial charge in [-0.1, -0.05) is 12.5 Å². The van der Waals surface area contributed by atoms with Gasteiger partial charge in [0.25, 0.3) is 0 Å². The smallest absolute Gasteiger partial charge is 0.320 e. The Balaban J connectivity index is 2.41. The number of carbonyl (C=O) groups is 1. The van der Waals surface area contributed by atoms with E-state index in [2.05, 4.69) is 21.3 Å². The minimum Gasteiger partial charge on any atom is -0.480 e. The van der Waals surface area contributed by atoms with Gasteiger partial charge in [-0.3, -0.25) is 19.9 Å². The van der Waals surface area contributed by atoms with Gasteiger partial charge in [0.1, 0.15) is 6.04 Å². The zero-order chi connectivity index (χ0) is 18.0. The molecular weight excluding hydrogens is 310 g/mol. The molecule has 1 rings (SSSR count). The van der Waals surface area contributed by atoms with Crippen LogP contribution in [0.4, 0.5) is 0 Å². The molecule has 0 saturated heterocycles. The van der Waals surface area contributed by atoms with Crippen molar-refractivity contribution in [3.8, 4) is 0 Å². The Kier molecular flexibility index (Phi) is 8.80. The molecule has 0 spiro atoms. The van der Waals surface area contributed by atoms with E-state index in [9.17, 15) is 4.79 Å². The van der Waals surface area contributed by atoms with Gasteiger partial charge in [0.05, 0.1) is 11.8 Å². The third-order valence-electron chi connectivity index (χ3n) is 3.19. The number of hydrogen-bond donors (Lipinski definition) is 5. The first kappa shape index (κ1) is 20.5. The first-order valence-corrected chi connectivity index (χ1v) is 8.10. The van der Waals surface area contributed by atoms with Gasteiger partial charge in [0.15, 0.2) is 0 Å². The second-order valence-corrected chi connectivity index (χ2v) is 6.57. The fourth-order valence-corrected chi connectivity index (χ4v) is 1.90. The Hall–Kier alpha value is -1.58. The van der Waals surface area contributed by atoms with Gasteiger partial charge in [-0.15, -0.1) is 5.59 Å². The Morgan fingerprint density at radius 1 is 1.42 bits per heavy atom. The molecular formula is C16H29N5O3. The molecule has 2 atom stereocenters. The van der Waals surface area contributed by atoms with Crippen LogP contribution in [0.15, 0.2) is 24.5 Å². The van der Waals surface area contributed by atoms with E-state index in [1.165, 1.54) is 0 Å². The predicted octanol–water partition coefficient (Wildman–Crippen LogP) is 1.08.